The number of carbonyl (C=O) groups excluding carboxylic acids is 4. The highest BCUT2D eigenvalue weighted by atomic mass is 19.2. The van der Waals surface area contributed by atoms with Crippen molar-refractivity contribution in [2.75, 3.05) is 46.2 Å². The summed E-state index contributed by atoms with van der Waals surface area (Å²) in [6.07, 6.45) is -3.30. The molecule has 0 spiro atoms. The number of halogens is 15. The van der Waals surface area contributed by atoms with Crippen molar-refractivity contribution in [2.45, 2.75) is 44.1 Å². The van der Waals surface area contributed by atoms with E-state index in [0.29, 0.717) is 0 Å². The van der Waals surface area contributed by atoms with Crippen molar-refractivity contribution in [1.82, 2.24) is 5.32 Å². The summed E-state index contributed by atoms with van der Waals surface area (Å²) in [5.74, 6) is -49.4. The van der Waals surface area contributed by atoms with Gasteiger partial charge < -0.3 is 33.7 Å². The van der Waals surface area contributed by atoms with E-state index in [1.165, 1.54) is 0 Å². The fraction of sp³-hybridized carbons (Fsp3) is 0.389. The molecule has 3 rings (SSSR count). The molecular weight excluding hydrogens is 933 g/mol. The third-order valence-electron chi connectivity index (χ3n) is 8.02. The Kier molecular flexibility index (Phi) is 19.7. The van der Waals surface area contributed by atoms with Crippen LogP contribution in [0.2, 0.25) is 0 Å². The van der Waals surface area contributed by atoms with Crippen LogP contribution in [0.3, 0.4) is 0 Å². The summed E-state index contributed by atoms with van der Waals surface area (Å²) in [5, 5.41) is 5.65. The molecule has 0 saturated carbocycles. The largest absolute Gasteiger partial charge is 0.420 e. The van der Waals surface area contributed by atoms with Crippen LogP contribution in [-0.2, 0) is 33.4 Å². The summed E-state index contributed by atoms with van der Waals surface area (Å²) in [6.45, 7) is -5.42. The van der Waals surface area contributed by atoms with Crippen molar-refractivity contribution in [3.8, 4) is 17.2 Å². The Labute approximate surface area is 353 Å². The van der Waals surface area contributed by atoms with Gasteiger partial charge in [0.25, 0.3) is 0 Å². The Hall–Kier alpha value is -6.32. The molecule has 0 atom stereocenters. The van der Waals surface area contributed by atoms with Gasteiger partial charge in [-0.3, -0.25) is 19.2 Å². The summed E-state index contributed by atoms with van der Waals surface area (Å²) in [7, 11) is 0. The Bertz CT molecular complexity index is 2030. The topological polar surface area (TPSA) is 184 Å². The van der Waals surface area contributed by atoms with Crippen LogP contribution in [-0.4, -0.2) is 75.5 Å². The Balaban J connectivity index is 1.82. The predicted octanol–water partition coefficient (Wildman–Crippen LogP) is 7.45. The van der Waals surface area contributed by atoms with Gasteiger partial charge in [0.2, 0.25) is 110 Å². The molecular formula is C36H27F15N4O10. The highest BCUT2D eigenvalue weighted by Crippen LogP contribution is 2.32. The van der Waals surface area contributed by atoms with Crippen LogP contribution in [0.5, 0.6) is 17.2 Å². The highest BCUT2D eigenvalue weighted by Gasteiger charge is 2.35. The van der Waals surface area contributed by atoms with Crippen LogP contribution in [0.1, 0.15) is 38.5 Å². The summed E-state index contributed by atoms with van der Waals surface area (Å²) in [4.78, 5) is 52.5. The van der Waals surface area contributed by atoms with Crippen molar-refractivity contribution < 1.29 is 113 Å². The van der Waals surface area contributed by atoms with Crippen LogP contribution in [0.15, 0.2) is 5.11 Å². The van der Waals surface area contributed by atoms with Gasteiger partial charge in [0.15, 0.2) is 0 Å². The lowest BCUT2D eigenvalue weighted by Crippen LogP contribution is -2.58. The fourth-order valence-corrected chi connectivity index (χ4v) is 4.89. The zero-order chi connectivity index (χ0) is 48.8. The standard InChI is InChI=1S/C36H27F15N4O10/c37-18-21(40)27(46)33(28(47)22(18)41)63-15(57)4-8-60-11-36(54-14(56)3-1-2-7-53-55-52,12-61-9-5-16(58)64-34-29(48)23(42)19(38)24(43)30(34)49)13-62-10-6-17(59)65-35-31(50)25(44)20(39)26(45)32(35)51/h1-13H2,(H,54,56). The van der Waals surface area contributed by atoms with Crippen LogP contribution in [0, 0.1) is 87.3 Å². The maximum absolute atomic E-state index is 14.0. The van der Waals surface area contributed by atoms with Gasteiger partial charge in [-0.05, 0) is 18.4 Å². The number of unbranched alkanes of at least 4 members (excludes halogenated alkanes) is 1. The van der Waals surface area contributed by atoms with Crippen molar-refractivity contribution in [3.05, 3.63) is 97.7 Å². The number of amides is 1. The van der Waals surface area contributed by atoms with E-state index in [-0.39, 0.29) is 25.8 Å². The molecule has 3 aromatic rings. The number of hydrogen-bond acceptors (Lipinski definition) is 11. The van der Waals surface area contributed by atoms with Gasteiger partial charge in [0.05, 0.1) is 58.9 Å². The van der Waals surface area contributed by atoms with E-state index < -0.39 is 193 Å². The average Bonchev–Trinajstić information content (AvgIpc) is 3.28. The normalized spacial score (nSPS) is 11.3. The molecule has 0 fully saturated rings. The van der Waals surface area contributed by atoms with E-state index in [9.17, 15) is 85.0 Å². The molecule has 0 radical (unpaired) electrons. The molecule has 1 N–H and O–H groups in total. The highest BCUT2D eigenvalue weighted by molar-refractivity contribution is 5.77. The molecule has 0 heterocycles. The number of nitrogens with one attached hydrogen (secondary N) is 1. The summed E-state index contributed by atoms with van der Waals surface area (Å²) >= 11 is 0. The molecule has 3 aromatic carbocycles. The lowest BCUT2D eigenvalue weighted by Gasteiger charge is -2.34. The predicted molar refractivity (Wildman–Crippen MR) is 181 cm³/mol. The molecule has 1 amide bonds. The van der Waals surface area contributed by atoms with E-state index in [2.05, 4.69) is 29.6 Å². The van der Waals surface area contributed by atoms with E-state index in [0.717, 1.165) is 0 Å². The van der Waals surface area contributed by atoms with Crippen molar-refractivity contribution in [3.63, 3.8) is 0 Å². The first-order valence-electron chi connectivity index (χ1n) is 17.8. The van der Waals surface area contributed by atoms with Crippen LogP contribution in [0.25, 0.3) is 10.4 Å². The molecule has 356 valence electrons. The summed E-state index contributed by atoms with van der Waals surface area (Å²) in [6, 6.07) is 0. The molecule has 0 aliphatic carbocycles. The molecule has 0 aliphatic rings. The number of carbonyl (C=O) groups is 4. The maximum Gasteiger partial charge on any atom is 0.313 e. The maximum atomic E-state index is 14.0. The number of hydrogen-bond donors (Lipinski definition) is 1. The zero-order valence-electron chi connectivity index (χ0n) is 32.3. The molecule has 14 nitrogen and oxygen atoms in total. The van der Waals surface area contributed by atoms with Gasteiger partial charge in [-0.1, -0.05) is 5.11 Å². The molecule has 0 aromatic heterocycles. The third-order valence-corrected chi connectivity index (χ3v) is 8.02. The quantitative estimate of drug-likeness (QED) is 0.0109. The van der Waals surface area contributed by atoms with Gasteiger partial charge in [0.1, 0.15) is 5.54 Å². The Morgan fingerprint density at radius 3 is 1.00 bits per heavy atom. The van der Waals surface area contributed by atoms with Gasteiger partial charge in [-0.25, -0.2) is 39.5 Å². The molecule has 0 bridgehead atoms. The minimum atomic E-state index is -2.57. The first-order valence-corrected chi connectivity index (χ1v) is 17.8. The summed E-state index contributed by atoms with van der Waals surface area (Å²) in [5.41, 5.74) is 6.34. The molecule has 65 heavy (non-hydrogen) atoms. The molecule has 0 saturated heterocycles. The molecule has 0 unspecified atom stereocenters. The monoisotopic (exact) mass is 960 g/mol. The zero-order valence-corrected chi connectivity index (χ0v) is 32.3. The van der Waals surface area contributed by atoms with E-state index in [1.54, 1.807) is 0 Å². The van der Waals surface area contributed by atoms with Gasteiger partial charge in [0, 0.05) is 17.9 Å². The second-order valence-electron chi connectivity index (χ2n) is 12.8. The number of azide groups is 1. The number of esters is 3. The third kappa shape index (κ3) is 13.8. The van der Waals surface area contributed by atoms with Gasteiger partial charge in [-0.15, -0.1) is 0 Å². The lowest BCUT2D eigenvalue weighted by molar-refractivity contribution is -0.138. The van der Waals surface area contributed by atoms with Crippen molar-refractivity contribution in [2.24, 2.45) is 5.11 Å². The number of ether oxygens (including phenoxy) is 6. The van der Waals surface area contributed by atoms with Crippen molar-refractivity contribution >= 4 is 23.8 Å². The average molecular weight is 961 g/mol. The van der Waals surface area contributed by atoms with Crippen LogP contribution in [0.4, 0.5) is 65.9 Å². The van der Waals surface area contributed by atoms with Gasteiger partial charge in [-0.2, -0.15) is 26.3 Å². The van der Waals surface area contributed by atoms with Crippen LogP contribution < -0.4 is 19.5 Å². The van der Waals surface area contributed by atoms with E-state index >= 15 is 0 Å². The molecule has 29 heteroatoms. The van der Waals surface area contributed by atoms with E-state index in [1.807, 2.05) is 0 Å². The number of rotatable bonds is 24. The minimum Gasteiger partial charge on any atom is -0.420 e. The second kappa shape index (κ2) is 24.1. The Morgan fingerprint density at radius 1 is 0.446 bits per heavy atom. The SMILES string of the molecule is [N-]=[N+]=NCCCCC(=O)NC(COCCC(=O)Oc1c(F)c(F)c(F)c(F)c1F)(COCCC(=O)Oc1c(F)c(F)c(F)c(F)c1F)COCCC(=O)Oc1c(F)c(F)c(F)c(F)c1F. The molecule has 0 aliphatic heterocycles. The minimum absolute atomic E-state index is 0.0279. The smallest absolute Gasteiger partial charge is 0.313 e. The fourth-order valence-electron chi connectivity index (χ4n) is 4.89. The van der Waals surface area contributed by atoms with Crippen molar-refractivity contribution in [1.29, 1.82) is 0 Å². The van der Waals surface area contributed by atoms with Crippen LogP contribution >= 0.6 is 0 Å². The van der Waals surface area contributed by atoms with E-state index in [4.69, 9.17) is 19.7 Å². The second-order valence-corrected chi connectivity index (χ2v) is 12.8. The summed E-state index contributed by atoms with van der Waals surface area (Å²) < 4.78 is 235. The number of benzene rings is 3. The lowest BCUT2D eigenvalue weighted by atomic mass is 10.0. The number of nitrogens with zero attached hydrogens (tertiary/aromatic N) is 3. The van der Waals surface area contributed by atoms with Gasteiger partial charge >= 0.3 is 17.9 Å². The first kappa shape index (κ1) is 53.0. The first-order chi connectivity index (χ1) is 30.6. The Morgan fingerprint density at radius 2 is 0.723 bits per heavy atom.